The molecule has 2 N–H and O–H groups in total. The molecule has 0 atom stereocenters. The van der Waals surface area contributed by atoms with Gasteiger partial charge >= 0.3 is 0 Å². The molecule has 0 aliphatic carbocycles. The van der Waals surface area contributed by atoms with Crippen LogP contribution in [0.4, 0.5) is 0 Å². The maximum absolute atomic E-state index is 5.83. The molecule has 0 spiro atoms. The minimum Gasteiger partial charge on any atom is -0.330 e. The topological polar surface area (TPSA) is 38.9 Å². The molecule has 0 saturated heterocycles. The highest BCUT2D eigenvalue weighted by Gasteiger charge is 2.24. The summed E-state index contributed by atoms with van der Waals surface area (Å²) in [4.78, 5) is 6.09. The van der Waals surface area contributed by atoms with Gasteiger partial charge in [0.25, 0.3) is 0 Å². The Hall–Kier alpha value is -1.19. The summed E-state index contributed by atoms with van der Waals surface area (Å²) < 4.78 is 0. The third-order valence-electron chi connectivity index (χ3n) is 3.29. The first-order valence-electron chi connectivity index (χ1n) is 6.19. The van der Waals surface area contributed by atoms with Crippen molar-refractivity contribution in [2.75, 3.05) is 6.54 Å². The van der Waals surface area contributed by atoms with Gasteiger partial charge in [-0.2, -0.15) is 0 Å². The van der Waals surface area contributed by atoms with Crippen LogP contribution in [-0.4, -0.2) is 11.5 Å². The Labute approximate surface area is 113 Å². The largest absolute Gasteiger partial charge is 0.330 e. The van der Waals surface area contributed by atoms with E-state index in [0.717, 1.165) is 10.7 Å². The molecule has 0 aliphatic rings. The third-order valence-corrected chi connectivity index (χ3v) is 4.62. The second-order valence-corrected chi connectivity index (χ2v) is 6.53. The van der Waals surface area contributed by atoms with Gasteiger partial charge in [0.1, 0.15) is 5.01 Å². The lowest BCUT2D eigenvalue weighted by Crippen LogP contribution is -2.27. The van der Waals surface area contributed by atoms with Gasteiger partial charge < -0.3 is 5.73 Å². The smallest absolute Gasteiger partial charge is 0.100 e. The summed E-state index contributed by atoms with van der Waals surface area (Å²) in [7, 11) is 0. The molecule has 0 aliphatic heterocycles. The first-order valence-corrected chi connectivity index (χ1v) is 7.01. The normalized spacial score (nSPS) is 11.8. The zero-order chi connectivity index (χ0) is 13.3. The molecule has 3 heteroatoms. The van der Waals surface area contributed by atoms with Crippen molar-refractivity contribution in [2.24, 2.45) is 5.73 Å². The van der Waals surface area contributed by atoms with Crippen LogP contribution in [0.3, 0.4) is 0 Å². The number of thiazole rings is 1. The standard InChI is InChI=1S/C15H20N2S/c1-10-7-5-6-8-12(10)13-11(2)18-14(17-13)15(3,4)9-16/h5-8H,9,16H2,1-4H3. The average molecular weight is 260 g/mol. The molecular weight excluding hydrogens is 240 g/mol. The molecule has 2 nitrogen and oxygen atoms in total. The molecule has 0 unspecified atom stereocenters. The van der Waals surface area contributed by atoms with Crippen molar-refractivity contribution in [2.45, 2.75) is 33.1 Å². The summed E-state index contributed by atoms with van der Waals surface area (Å²) in [6.07, 6.45) is 0. The quantitative estimate of drug-likeness (QED) is 0.914. The van der Waals surface area contributed by atoms with E-state index < -0.39 is 0 Å². The van der Waals surface area contributed by atoms with Gasteiger partial charge in [-0.15, -0.1) is 11.3 Å². The van der Waals surface area contributed by atoms with Crippen molar-refractivity contribution in [1.82, 2.24) is 4.98 Å². The second-order valence-electron chi connectivity index (χ2n) is 5.33. The molecule has 18 heavy (non-hydrogen) atoms. The molecule has 96 valence electrons. The van der Waals surface area contributed by atoms with Gasteiger partial charge in [-0.3, -0.25) is 0 Å². The van der Waals surface area contributed by atoms with Gasteiger partial charge in [-0.25, -0.2) is 4.98 Å². The van der Waals surface area contributed by atoms with Crippen LogP contribution >= 0.6 is 11.3 Å². The number of benzene rings is 1. The van der Waals surface area contributed by atoms with Gasteiger partial charge in [0.15, 0.2) is 0 Å². The van der Waals surface area contributed by atoms with Crippen molar-refractivity contribution >= 4 is 11.3 Å². The molecule has 2 aromatic rings. The first-order chi connectivity index (χ1) is 8.45. The Bertz CT molecular complexity index is 555. The maximum Gasteiger partial charge on any atom is 0.100 e. The Morgan fingerprint density at radius 1 is 1.22 bits per heavy atom. The van der Waals surface area contributed by atoms with E-state index in [1.807, 2.05) is 0 Å². The van der Waals surface area contributed by atoms with E-state index >= 15 is 0 Å². The van der Waals surface area contributed by atoms with E-state index in [9.17, 15) is 0 Å². The summed E-state index contributed by atoms with van der Waals surface area (Å²) in [5, 5.41) is 1.13. The highest BCUT2D eigenvalue weighted by molar-refractivity contribution is 7.12. The fourth-order valence-corrected chi connectivity index (χ4v) is 2.90. The van der Waals surface area contributed by atoms with Gasteiger partial charge in [0.2, 0.25) is 0 Å². The van der Waals surface area contributed by atoms with Crippen LogP contribution in [0.5, 0.6) is 0 Å². The predicted octanol–water partition coefficient (Wildman–Crippen LogP) is 3.66. The molecule has 0 amide bonds. The molecule has 1 aromatic carbocycles. The average Bonchev–Trinajstić information content (AvgIpc) is 2.73. The zero-order valence-electron chi connectivity index (χ0n) is 11.4. The maximum atomic E-state index is 5.83. The fourth-order valence-electron chi connectivity index (χ4n) is 1.86. The number of nitrogens with zero attached hydrogens (tertiary/aromatic N) is 1. The Morgan fingerprint density at radius 2 is 1.89 bits per heavy atom. The van der Waals surface area contributed by atoms with Crippen LogP contribution in [0.15, 0.2) is 24.3 Å². The van der Waals surface area contributed by atoms with Crippen molar-refractivity contribution in [3.63, 3.8) is 0 Å². The van der Waals surface area contributed by atoms with Crippen LogP contribution in [0.2, 0.25) is 0 Å². The van der Waals surface area contributed by atoms with Gasteiger partial charge in [-0.1, -0.05) is 38.1 Å². The lowest BCUT2D eigenvalue weighted by atomic mass is 9.95. The van der Waals surface area contributed by atoms with Crippen LogP contribution in [0.1, 0.15) is 29.3 Å². The molecule has 0 saturated carbocycles. The minimum atomic E-state index is -0.0453. The Kier molecular flexibility index (Phi) is 3.55. The molecule has 1 aromatic heterocycles. The summed E-state index contributed by atoms with van der Waals surface area (Å²) in [6, 6.07) is 8.39. The lowest BCUT2D eigenvalue weighted by molar-refractivity contribution is 0.536. The Balaban J connectivity index is 2.52. The van der Waals surface area contributed by atoms with Crippen molar-refractivity contribution in [3.05, 3.63) is 39.7 Å². The summed E-state index contributed by atoms with van der Waals surface area (Å²) in [5.74, 6) is 0. The molecule has 1 heterocycles. The van der Waals surface area contributed by atoms with E-state index in [-0.39, 0.29) is 5.41 Å². The van der Waals surface area contributed by atoms with Crippen LogP contribution < -0.4 is 5.73 Å². The van der Waals surface area contributed by atoms with E-state index in [2.05, 4.69) is 52.0 Å². The number of nitrogens with two attached hydrogens (primary N) is 1. The lowest BCUT2D eigenvalue weighted by Gasteiger charge is -2.18. The predicted molar refractivity (Wildman–Crippen MR) is 79.1 cm³/mol. The molecule has 0 bridgehead atoms. The fraction of sp³-hybridized carbons (Fsp3) is 0.400. The van der Waals surface area contributed by atoms with Crippen molar-refractivity contribution < 1.29 is 0 Å². The second kappa shape index (κ2) is 4.82. The molecular formula is C15H20N2S. The molecule has 2 rings (SSSR count). The van der Waals surface area contributed by atoms with Crippen LogP contribution in [0.25, 0.3) is 11.3 Å². The van der Waals surface area contributed by atoms with Crippen LogP contribution in [-0.2, 0) is 5.41 Å². The van der Waals surface area contributed by atoms with Crippen molar-refractivity contribution in [1.29, 1.82) is 0 Å². The van der Waals surface area contributed by atoms with Gasteiger partial charge in [0, 0.05) is 22.4 Å². The highest BCUT2D eigenvalue weighted by atomic mass is 32.1. The summed E-state index contributed by atoms with van der Waals surface area (Å²) >= 11 is 1.76. The van der Waals surface area contributed by atoms with Crippen molar-refractivity contribution in [3.8, 4) is 11.3 Å². The first kappa shape index (κ1) is 13.2. The number of rotatable bonds is 3. The Morgan fingerprint density at radius 3 is 2.50 bits per heavy atom. The molecule has 0 radical (unpaired) electrons. The third kappa shape index (κ3) is 2.33. The number of hydrogen-bond acceptors (Lipinski definition) is 3. The minimum absolute atomic E-state index is 0.0453. The van der Waals surface area contributed by atoms with Crippen LogP contribution in [0, 0.1) is 13.8 Å². The van der Waals surface area contributed by atoms with E-state index in [1.54, 1.807) is 11.3 Å². The van der Waals surface area contributed by atoms with Gasteiger partial charge in [-0.05, 0) is 19.4 Å². The summed E-state index contributed by atoms with van der Waals surface area (Å²) in [5.41, 5.74) is 9.39. The number of aryl methyl sites for hydroxylation is 2. The highest BCUT2D eigenvalue weighted by Crippen LogP contribution is 2.34. The zero-order valence-corrected chi connectivity index (χ0v) is 12.3. The summed E-state index contributed by atoms with van der Waals surface area (Å²) in [6.45, 7) is 9.17. The molecule has 0 fully saturated rings. The van der Waals surface area contributed by atoms with E-state index in [4.69, 9.17) is 10.7 Å². The number of hydrogen-bond donors (Lipinski definition) is 1. The van der Waals surface area contributed by atoms with Gasteiger partial charge in [0.05, 0.1) is 5.69 Å². The van der Waals surface area contributed by atoms with E-state index in [0.29, 0.717) is 6.54 Å². The SMILES string of the molecule is Cc1ccccc1-c1nc(C(C)(C)CN)sc1C. The number of aromatic nitrogens is 1. The monoisotopic (exact) mass is 260 g/mol. The van der Waals surface area contributed by atoms with E-state index in [1.165, 1.54) is 16.0 Å².